The van der Waals surface area contributed by atoms with Crippen LogP contribution in [0.15, 0.2) is 30.5 Å². The minimum absolute atomic E-state index is 0.188. The van der Waals surface area contributed by atoms with Gasteiger partial charge >= 0.3 is 0 Å². The van der Waals surface area contributed by atoms with E-state index in [2.05, 4.69) is 24.9 Å². The van der Waals surface area contributed by atoms with Crippen LogP contribution in [0.3, 0.4) is 0 Å². The smallest absolute Gasteiger partial charge is 0.219 e. The van der Waals surface area contributed by atoms with Crippen molar-refractivity contribution < 1.29 is 9.47 Å². The second kappa shape index (κ2) is 4.40. The van der Waals surface area contributed by atoms with Crippen LogP contribution in [-0.2, 0) is 6.42 Å². The van der Waals surface area contributed by atoms with Crippen molar-refractivity contribution in [2.45, 2.75) is 32.8 Å². The van der Waals surface area contributed by atoms with E-state index in [0.29, 0.717) is 17.3 Å². The van der Waals surface area contributed by atoms with E-state index in [9.17, 15) is 0 Å². The highest BCUT2D eigenvalue weighted by atomic mass is 16.5. The third kappa shape index (κ3) is 2.29. The molecule has 1 aliphatic heterocycles. The number of hydrogen-bond donors (Lipinski definition) is 1. The summed E-state index contributed by atoms with van der Waals surface area (Å²) in [5.74, 6) is 2.04. The fraction of sp³-hybridized carbons (Fsp3) is 0.312. The van der Waals surface area contributed by atoms with Crippen LogP contribution in [0.5, 0.6) is 17.4 Å². The molecule has 104 valence electrons. The Balaban J connectivity index is 1.93. The number of aryl methyl sites for hydroxylation is 1. The van der Waals surface area contributed by atoms with E-state index >= 15 is 0 Å². The first kappa shape index (κ1) is 12.8. The lowest BCUT2D eigenvalue weighted by atomic mass is 10.0. The van der Waals surface area contributed by atoms with Crippen molar-refractivity contribution in [3.63, 3.8) is 0 Å². The first-order valence-corrected chi connectivity index (χ1v) is 6.65. The second-order valence-electron chi connectivity index (χ2n) is 5.76. The molecule has 0 amide bonds. The van der Waals surface area contributed by atoms with Crippen LogP contribution in [0.1, 0.15) is 25.0 Å². The van der Waals surface area contributed by atoms with Gasteiger partial charge in [-0.3, -0.25) is 0 Å². The highest BCUT2D eigenvalue weighted by molar-refractivity contribution is 5.52. The number of nitrogens with zero attached hydrogens (tertiary/aromatic N) is 1. The lowest BCUT2D eigenvalue weighted by molar-refractivity contribution is 0.135. The molecule has 0 unspecified atom stereocenters. The molecule has 20 heavy (non-hydrogen) atoms. The van der Waals surface area contributed by atoms with Crippen molar-refractivity contribution in [1.82, 2.24) is 4.98 Å². The molecule has 0 radical (unpaired) electrons. The monoisotopic (exact) mass is 270 g/mol. The molecule has 4 heteroatoms. The summed E-state index contributed by atoms with van der Waals surface area (Å²) in [6.45, 7) is 6.07. The number of para-hydroxylation sites is 1. The predicted octanol–water partition coefficient (Wildman–Crippen LogP) is 3.48. The van der Waals surface area contributed by atoms with E-state index in [0.717, 1.165) is 17.7 Å². The van der Waals surface area contributed by atoms with Gasteiger partial charge in [0.15, 0.2) is 11.5 Å². The Kier molecular flexibility index (Phi) is 2.82. The number of pyridine rings is 1. The number of anilines is 1. The van der Waals surface area contributed by atoms with Gasteiger partial charge in [-0.2, -0.15) is 0 Å². The Hall–Kier alpha value is -2.23. The van der Waals surface area contributed by atoms with Gasteiger partial charge in [0.1, 0.15) is 5.60 Å². The summed E-state index contributed by atoms with van der Waals surface area (Å²) < 4.78 is 11.8. The summed E-state index contributed by atoms with van der Waals surface area (Å²) in [7, 11) is 0. The molecule has 2 heterocycles. The molecule has 2 N–H and O–H groups in total. The first-order chi connectivity index (χ1) is 9.44. The minimum atomic E-state index is -0.188. The van der Waals surface area contributed by atoms with Gasteiger partial charge < -0.3 is 15.2 Å². The summed E-state index contributed by atoms with van der Waals surface area (Å²) in [6, 6.07) is 7.77. The number of benzene rings is 1. The maximum Gasteiger partial charge on any atom is 0.219 e. The third-order valence-corrected chi connectivity index (χ3v) is 3.40. The lowest BCUT2D eigenvalue weighted by Crippen LogP contribution is -2.24. The topological polar surface area (TPSA) is 57.4 Å². The van der Waals surface area contributed by atoms with Gasteiger partial charge in [-0.1, -0.05) is 12.1 Å². The van der Waals surface area contributed by atoms with E-state index in [4.69, 9.17) is 15.2 Å². The Labute approximate surface area is 118 Å². The second-order valence-corrected chi connectivity index (χ2v) is 5.76. The predicted molar refractivity (Wildman–Crippen MR) is 78.3 cm³/mol. The van der Waals surface area contributed by atoms with Crippen LogP contribution in [0.4, 0.5) is 5.69 Å². The van der Waals surface area contributed by atoms with Crippen LogP contribution in [-0.4, -0.2) is 10.6 Å². The first-order valence-electron chi connectivity index (χ1n) is 6.65. The van der Waals surface area contributed by atoms with Crippen LogP contribution in [0.2, 0.25) is 0 Å². The van der Waals surface area contributed by atoms with Gasteiger partial charge in [0.2, 0.25) is 5.88 Å². The van der Waals surface area contributed by atoms with E-state index < -0.39 is 0 Å². The molecule has 2 aromatic rings. The number of rotatable bonds is 2. The quantitative estimate of drug-likeness (QED) is 0.907. The zero-order valence-corrected chi connectivity index (χ0v) is 11.9. The summed E-state index contributed by atoms with van der Waals surface area (Å²) in [6.07, 6.45) is 2.49. The van der Waals surface area contributed by atoms with Crippen LogP contribution < -0.4 is 15.2 Å². The zero-order chi connectivity index (χ0) is 14.3. The fourth-order valence-corrected chi connectivity index (χ4v) is 2.38. The molecule has 4 nitrogen and oxygen atoms in total. The highest BCUT2D eigenvalue weighted by Crippen LogP contribution is 2.43. The largest absolute Gasteiger partial charge is 0.483 e. The molecule has 0 saturated carbocycles. The summed E-state index contributed by atoms with van der Waals surface area (Å²) in [4.78, 5) is 4.19. The summed E-state index contributed by atoms with van der Waals surface area (Å²) in [5.41, 5.74) is 8.35. The molecule has 0 spiro atoms. The Morgan fingerprint density at radius 1 is 1.35 bits per heavy atom. The van der Waals surface area contributed by atoms with Gasteiger partial charge in [-0.05, 0) is 32.4 Å². The molecule has 0 aliphatic carbocycles. The van der Waals surface area contributed by atoms with Gasteiger partial charge in [0.25, 0.3) is 0 Å². The molecule has 0 saturated heterocycles. The zero-order valence-electron chi connectivity index (χ0n) is 11.9. The van der Waals surface area contributed by atoms with E-state index in [1.807, 2.05) is 25.1 Å². The standard InChI is InChI=1S/C16H18N2O2/c1-10-7-14(18-9-12(10)17)19-13-6-4-5-11-8-16(2,3)20-15(11)13/h4-7,9H,8,17H2,1-3H3. The van der Waals surface area contributed by atoms with E-state index in [-0.39, 0.29) is 5.60 Å². The third-order valence-electron chi connectivity index (χ3n) is 3.40. The Morgan fingerprint density at radius 2 is 2.15 bits per heavy atom. The van der Waals surface area contributed by atoms with Crippen molar-refractivity contribution >= 4 is 5.69 Å². The number of ether oxygens (including phenoxy) is 2. The number of aromatic nitrogens is 1. The normalized spacial score (nSPS) is 15.6. The van der Waals surface area contributed by atoms with Crippen molar-refractivity contribution in [3.8, 4) is 17.4 Å². The molecular formula is C16H18N2O2. The van der Waals surface area contributed by atoms with Gasteiger partial charge in [-0.25, -0.2) is 4.98 Å². The van der Waals surface area contributed by atoms with E-state index in [1.54, 1.807) is 6.20 Å². The molecule has 0 bridgehead atoms. The number of nitrogen functional groups attached to an aromatic ring is 1. The molecule has 1 aromatic heterocycles. The van der Waals surface area contributed by atoms with Gasteiger partial charge in [0.05, 0.1) is 11.9 Å². The van der Waals surface area contributed by atoms with Crippen LogP contribution in [0, 0.1) is 6.92 Å². The molecule has 3 rings (SSSR count). The molecule has 0 fully saturated rings. The minimum Gasteiger partial charge on any atom is -0.483 e. The SMILES string of the molecule is Cc1cc(Oc2cccc3c2OC(C)(C)C3)ncc1N. The number of nitrogens with two attached hydrogens (primary N) is 1. The molecule has 0 atom stereocenters. The van der Waals surface area contributed by atoms with Gasteiger partial charge in [-0.15, -0.1) is 0 Å². The number of fused-ring (bicyclic) bond motifs is 1. The average molecular weight is 270 g/mol. The van der Waals surface area contributed by atoms with Crippen molar-refractivity contribution in [2.75, 3.05) is 5.73 Å². The Bertz CT molecular complexity index is 666. The molecule has 1 aromatic carbocycles. The van der Waals surface area contributed by atoms with Crippen LogP contribution in [0.25, 0.3) is 0 Å². The maximum atomic E-state index is 5.97. The van der Waals surface area contributed by atoms with Crippen molar-refractivity contribution in [1.29, 1.82) is 0 Å². The lowest BCUT2D eigenvalue weighted by Gasteiger charge is -2.18. The Morgan fingerprint density at radius 3 is 2.90 bits per heavy atom. The number of hydrogen-bond acceptors (Lipinski definition) is 4. The van der Waals surface area contributed by atoms with Crippen molar-refractivity contribution in [3.05, 3.63) is 41.6 Å². The summed E-state index contributed by atoms with van der Waals surface area (Å²) in [5, 5.41) is 0. The fourth-order valence-electron chi connectivity index (χ4n) is 2.38. The summed E-state index contributed by atoms with van der Waals surface area (Å²) >= 11 is 0. The van der Waals surface area contributed by atoms with Crippen LogP contribution >= 0.6 is 0 Å². The van der Waals surface area contributed by atoms with Crippen molar-refractivity contribution in [2.24, 2.45) is 0 Å². The molecule has 1 aliphatic rings. The average Bonchev–Trinajstić information content (AvgIpc) is 2.69. The maximum absolute atomic E-state index is 5.97. The molecular weight excluding hydrogens is 252 g/mol. The van der Waals surface area contributed by atoms with E-state index in [1.165, 1.54) is 5.56 Å². The highest BCUT2D eigenvalue weighted by Gasteiger charge is 2.32. The van der Waals surface area contributed by atoms with Gasteiger partial charge in [0, 0.05) is 18.1 Å².